The zero-order valence-corrected chi connectivity index (χ0v) is 22.6. The van der Waals surface area contributed by atoms with Gasteiger partial charge in [0.05, 0.1) is 13.2 Å². The molecule has 0 aliphatic carbocycles. The molecule has 0 aromatic carbocycles. The second-order valence-electron chi connectivity index (χ2n) is 8.50. The van der Waals surface area contributed by atoms with Crippen molar-refractivity contribution in [2.45, 2.75) is 142 Å². The average molecular weight is 483 g/mol. The van der Waals surface area contributed by atoms with Gasteiger partial charge in [-0.05, 0) is 12.8 Å². The van der Waals surface area contributed by atoms with Gasteiger partial charge in [-0.1, -0.05) is 129 Å². The van der Waals surface area contributed by atoms with Crippen LogP contribution in [0.25, 0.3) is 0 Å². The summed E-state index contributed by atoms with van der Waals surface area (Å²) in [4.78, 5) is 9.71. The monoisotopic (exact) mass is 482 g/mol. The Hall–Kier alpha value is 0.824. The van der Waals surface area contributed by atoms with E-state index in [-0.39, 0.29) is 21.7 Å². The summed E-state index contributed by atoms with van der Waals surface area (Å²) in [5.74, 6) is 0. The summed E-state index contributed by atoms with van der Waals surface area (Å²) in [7, 11) is -3.85. The van der Waals surface area contributed by atoms with Crippen LogP contribution in [0.2, 0.25) is 0 Å². The van der Waals surface area contributed by atoms with E-state index in [4.69, 9.17) is 9.05 Å². The fourth-order valence-corrected chi connectivity index (χ4v) is 4.37. The van der Waals surface area contributed by atoms with Gasteiger partial charge in [0.2, 0.25) is 0 Å². The van der Waals surface area contributed by atoms with Crippen LogP contribution in [0.5, 0.6) is 0 Å². The summed E-state index contributed by atoms with van der Waals surface area (Å²) in [6.45, 7) is 5.14. The van der Waals surface area contributed by atoms with E-state index in [0.717, 1.165) is 25.7 Å². The third-order valence-electron chi connectivity index (χ3n) is 5.50. The van der Waals surface area contributed by atoms with Gasteiger partial charge in [-0.15, -0.1) is 0 Å². The molecule has 0 heterocycles. The van der Waals surface area contributed by atoms with Gasteiger partial charge in [0.1, 0.15) is 0 Å². The molecule has 0 amide bonds. The Morgan fingerprint density at radius 3 is 1.00 bits per heavy atom. The first-order valence-corrected chi connectivity index (χ1v) is 14.2. The third-order valence-corrected chi connectivity index (χ3v) is 6.52. The molecule has 0 rings (SSSR count). The van der Waals surface area contributed by atoms with Crippen molar-refractivity contribution in [2.24, 2.45) is 0 Å². The van der Waals surface area contributed by atoms with E-state index < -0.39 is 7.82 Å². The van der Waals surface area contributed by atoms with Crippen molar-refractivity contribution in [3.8, 4) is 0 Å². The molecule has 0 aliphatic heterocycles. The number of phosphoric acid groups is 1. The predicted molar refractivity (Wildman–Crippen MR) is 125 cm³/mol. The van der Waals surface area contributed by atoms with Crippen molar-refractivity contribution in [3.05, 3.63) is 0 Å². The molecule has 0 spiro atoms. The Morgan fingerprint density at radius 2 is 0.733 bits per heavy atom. The molecule has 0 atom stereocenters. The van der Waals surface area contributed by atoms with E-state index in [2.05, 4.69) is 13.8 Å². The van der Waals surface area contributed by atoms with Gasteiger partial charge < -0.3 is 4.89 Å². The first kappa shape index (κ1) is 33.0. The van der Waals surface area contributed by atoms with Gasteiger partial charge >= 0.3 is 7.82 Å². The first-order chi connectivity index (χ1) is 14.1. The van der Waals surface area contributed by atoms with Gasteiger partial charge in [-0.2, -0.15) is 0 Å². The molecule has 0 fully saturated rings. The molecular formula is C24H51O4PTi. The summed E-state index contributed by atoms with van der Waals surface area (Å²) in [6, 6.07) is 0. The van der Waals surface area contributed by atoms with Crippen LogP contribution in [0.3, 0.4) is 0 Å². The molecule has 6 heteroatoms. The van der Waals surface area contributed by atoms with Crippen molar-refractivity contribution in [1.82, 2.24) is 0 Å². The van der Waals surface area contributed by atoms with E-state index in [1.165, 1.54) is 103 Å². The van der Waals surface area contributed by atoms with Crippen molar-refractivity contribution >= 4 is 7.82 Å². The molecular weight excluding hydrogens is 431 g/mol. The largest absolute Gasteiger partial charge is 0.472 e. The molecule has 0 bridgehead atoms. The molecule has 0 saturated carbocycles. The zero-order chi connectivity index (χ0) is 21.5. The Balaban J connectivity index is 0. The van der Waals surface area contributed by atoms with Crippen LogP contribution in [0.15, 0.2) is 0 Å². The number of unbranched alkanes of at least 4 members (excludes halogenated alkanes) is 18. The second kappa shape index (κ2) is 26.1. The van der Waals surface area contributed by atoms with E-state index in [1.54, 1.807) is 0 Å². The maximum atomic E-state index is 11.8. The maximum absolute atomic E-state index is 11.8. The van der Waals surface area contributed by atoms with Crippen LogP contribution in [0, 0.1) is 0 Å². The molecule has 0 aliphatic rings. The topological polar surface area (TPSA) is 55.8 Å². The Kier molecular flexibility index (Phi) is 28.7. The zero-order valence-electron chi connectivity index (χ0n) is 20.2. The van der Waals surface area contributed by atoms with Crippen LogP contribution in [0.1, 0.15) is 142 Å². The summed E-state index contributed by atoms with van der Waals surface area (Å²) in [6.07, 6.45) is 24.8. The van der Waals surface area contributed by atoms with Crippen LogP contribution in [0.4, 0.5) is 0 Å². The van der Waals surface area contributed by atoms with E-state index >= 15 is 0 Å². The Morgan fingerprint density at radius 1 is 0.500 bits per heavy atom. The fourth-order valence-electron chi connectivity index (χ4n) is 3.58. The van der Waals surface area contributed by atoms with Crippen molar-refractivity contribution in [3.63, 3.8) is 0 Å². The number of phosphoric ester groups is 1. The molecule has 0 radical (unpaired) electrons. The molecule has 0 aromatic rings. The van der Waals surface area contributed by atoms with E-state index in [9.17, 15) is 9.46 Å². The first-order valence-electron chi connectivity index (χ1n) is 12.7. The van der Waals surface area contributed by atoms with Gasteiger partial charge in [0.15, 0.2) is 0 Å². The fraction of sp³-hybridized carbons (Fsp3) is 1.00. The summed E-state index contributed by atoms with van der Waals surface area (Å²) >= 11 is 0. The van der Waals surface area contributed by atoms with Gasteiger partial charge in [0.25, 0.3) is 0 Å². The molecule has 0 aromatic heterocycles. The maximum Gasteiger partial charge on any atom is 0.472 e. The minimum atomic E-state index is -3.85. The van der Waals surface area contributed by atoms with Gasteiger partial charge in [0, 0.05) is 21.7 Å². The smallest absolute Gasteiger partial charge is 0.302 e. The van der Waals surface area contributed by atoms with Crippen LogP contribution in [-0.4, -0.2) is 18.1 Å². The molecule has 180 valence electrons. The standard InChI is InChI=1S/C24H51O4P.Ti/c1-3-5-7-9-11-13-15-17-19-21-23-27-29(25,26)28-24-22-20-18-16-14-12-10-8-6-4-2;/h3-24H2,1-2H3,(H,25,26);. The Labute approximate surface area is 203 Å². The number of hydrogen-bond acceptors (Lipinski definition) is 3. The number of hydrogen-bond donors (Lipinski definition) is 1. The normalized spacial score (nSPS) is 11.6. The van der Waals surface area contributed by atoms with E-state index in [1.807, 2.05) is 0 Å². The minimum Gasteiger partial charge on any atom is -0.302 e. The van der Waals surface area contributed by atoms with Crippen LogP contribution in [-0.2, 0) is 35.3 Å². The molecule has 0 unspecified atom stereocenters. The quantitative estimate of drug-likeness (QED) is 0.0847. The Bertz CT molecular complexity index is 339. The van der Waals surface area contributed by atoms with Crippen molar-refractivity contribution < 1.29 is 40.2 Å². The second-order valence-corrected chi connectivity index (χ2v) is 9.95. The summed E-state index contributed by atoms with van der Waals surface area (Å²) in [5, 5.41) is 0. The molecule has 1 N–H and O–H groups in total. The van der Waals surface area contributed by atoms with Gasteiger partial charge in [-0.25, -0.2) is 4.57 Å². The van der Waals surface area contributed by atoms with Crippen molar-refractivity contribution in [2.75, 3.05) is 13.2 Å². The average Bonchev–Trinajstić information content (AvgIpc) is 2.70. The van der Waals surface area contributed by atoms with Crippen LogP contribution >= 0.6 is 7.82 Å². The predicted octanol–water partition coefficient (Wildman–Crippen LogP) is 8.96. The SMILES string of the molecule is CCCCCCCCCCCCOP(=O)(O)OCCCCCCCCCCCC.[Ti]. The van der Waals surface area contributed by atoms with Crippen LogP contribution < -0.4 is 0 Å². The van der Waals surface area contributed by atoms with E-state index in [0.29, 0.717) is 13.2 Å². The minimum absolute atomic E-state index is 0. The van der Waals surface area contributed by atoms with Gasteiger partial charge in [-0.3, -0.25) is 9.05 Å². The molecule has 4 nitrogen and oxygen atoms in total. The molecule has 30 heavy (non-hydrogen) atoms. The molecule has 0 saturated heterocycles. The van der Waals surface area contributed by atoms with Crippen molar-refractivity contribution in [1.29, 1.82) is 0 Å². The number of rotatable bonds is 24. The summed E-state index contributed by atoms with van der Waals surface area (Å²) < 4.78 is 22.0. The third kappa shape index (κ3) is 26.9. The summed E-state index contributed by atoms with van der Waals surface area (Å²) in [5.41, 5.74) is 0.